The Morgan fingerprint density at radius 1 is 0.970 bits per heavy atom. The van der Waals surface area contributed by atoms with Gasteiger partial charge in [0.25, 0.3) is 5.91 Å². The summed E-state index contributed by atoms with van der Waals surface area (Å²) in [7, 11) is 0. The van der Waals surface area contributed by atoms with Crippen LogP contribution in [0.1, 0.15) is 47.1 Å². The Labute approximate surface area is 202 Å². The first-order valence-electron chi connectivity index (χ1n) is 12.0. The minimum atomic E-state index is -0.00826. The van der Waals surface area contributed by atoms with Gasteiger partial charge in [-0.1, -0.05) is 56.7 Å². The normalized spacial score (nSPS) is 16.8. The smallest absolute Gasteiger partial charge is 0.251 e. The largest absolute Gasteiger partial charge is 0.347 e. The summed E-state index contributed by atoms with van der Waals surface area (Å²) >= 11 is 1.94. The summed E-state index contributed by atoms with van der Waals surface area (Å²) in [6.45, 7) is 17.1. The van der Waals surface area contributed by atoms with Crippen molar-refractivity contribution in [3.63, 3.8) is 0 Å². The molecule has 1 N–H and O–H groups in total. The fourth-order valence-corrected chi connectivity index (χ4v) is 5.70. The van der Waals surface area contributed by atoms with E-state index < -0.39 is 0 Å². The fraction of sp³-hybridized carbons (Fsp3) is 0.464. The summed E-state index contributed by atoms with van der Waals surface area (Å²) < 4.78 is 1.39. The van der Waals surface area contributed by atoms with Crippen molar-refractivity contribution in [2.24, 2.45) is 5.41 Å². The SMILES string of the molecule is Cc1ccc(C(=O)NC(CN2CCN(Cc3sc4ccccc4c3C)CC2)C(C)(C)C)cc1. The highest BCUT2D eigenvalue weighted by atomic mass is 32.1. The molecule has 0 saturated carbocycles. The topological polar surface area (TPSA) is 35.6 Å². The quantitative estimate of drug-likeness (QED) is 0.526. The molecule has 1 fully saturated rings. The number of carbonyl (C=O) groups excluding carboxylic acids is 1. The molecule has 1 unspecified atom stereocenters. The molecule has 5 heteroatoms. The first-order valence-corrected chi connectivity index (χ1v) is 12.8. The summed E-state index contributed by atoms with van der Waals surface area (Å²) in [6.07, 6.45) is 0. The van der Waals surface area contributed by atoms with Crippen molar-refractivity contribution >= 4 is 27.3 Å². The molecule has 176 valence electrons. The summed E-state index contributed by atoms with van der Waals surface area (Å²) in [5.41, 5.74) is 3.33. The predicted octanol–water partition coefficient (Wildman–Crippen LogP) is 5.48. The van der Waals surface area contributed by atoms with Gasteiger partial charge >= 0.3 is 0 Å². The van der Waals surface area contributed by atoms with Gasteiger partial charge in [-0.3, -0.25) is 14.6 Å². The number of fused-ring (bicyclic) bond motifs is 1. The van der Waals surface area contributed by atoms with Gasteiger partial charge in [-0.25, -0.2) is 0 Å². The zero-order valence-corrected chi connectivity index (χ0v) is 21.5. The Balaban J connectivity index is 1.34. The third-order valence-electron chi connectivity index (χ3n) is 6.88. The maximum Gasteiger partial charge on any atom is 0.251 e. The molecule has 33 heavy (non-hydrogen) atoms. The van der Waals surface area contributed by atoms with Crippen molar-refractivity contribution in [3.8, 4) is 0 Å². The number of carbonyl (C=O) groups is 1. The third kappa shape index (κ3) is 5.84. The first kappa shape index (κ1) is 23.9. The van der Waals surface area contributed by atoms with Gasteiger partial charge in [-0.15, -0.1) is 11.3 Å². The predicted molar refractivity (Wildman–Crippen MR) is 140 cm³/mol. The lowest BCUT2D eigenvalue weighted by Crippen LogP contribution is -2.54. The Bertz CT molecular complexity index is 1090. The molecular weight excluding hydrogens is 426 g/mol. The molecule has 1 aliphatic heterocycles. The van der Waals surface area contributed by atoms with E-state index in [1.807, 2.05) is 42.5 Å². The number of rotatable bonds is 6. The molecule has 0 bridgehead atoms. The second-order valence-electron chi connectivity index (χ2n) is 10.5. The molecule has 1 aliphatic rings. The van der Waals surface area contributed by atoms with Crippen LogP contribution >= 0.6 is 11.3 Å². The first-order chi connectivity index (χ1) is 15.7. The van der Waals surface area contributed by atoms with Crippen molar-refractivity contribution in [3.05, 3.63) is 70.1 Å². The van der Waals surface area contributed by atoms with Crippen LogP contribution in [0.3, 0.4) is 0 Å². The second-order valence-corrected chi connectivity index (χ2v) is 11.6. The second kappa shape index (κ2) is 9.96. The van der Waals surface area contributed by atoms with Crippen molar-refractivity contribution in [1.82, 2.24) is 15.1 Å². The average molecular weight is 464 g/mol. The van der Waals surface area contributed by atoms with Crippen LogP contribution in [0.4, 0.5) is 0 Å². The molecule has 0 aliphatic carbocycles. The molecule has 4 rings (SSSR count). The van der Waals surface area contributed by atoms with E-state index in [2.05, 4.69) is 67.1 Å². The summed E-state index contributed by atoms with van der Waals surface area (Å²) in [4.78, 5) is 19.5. The number of piperazine rings is 1. The van der Waals surface area contributed by atoms with Gasteiger partial charge in [0.15, 0.2) is 0 Å². The van der Waals surface area contributed by atoms with E-state index in [1.54, 1.807) is 0 Å². The molecule has 2 heterocycles. The lowest BCUT2D eigenvalue weighted by atomic mass is 9.86. The van der Waals surface area contributed by atoms with E-state index in [0.717, 1.165) is 44.8 Å². The molecule has 4 nitrogen and oxygen atoms in total. The van der Waals surface area contributed by atoms with E-state index in [1.165, 1.54) is 26.1 Å². The minimum Gasteiger partial charge on any atom is -0.347 e. The number of hydrogen-bond donors (Lipinski definition) is 1. The van der Waals surface area contributed by atoms with Crippen LogP contribution in [-0.4, -0.2) is 54.5 Å². The fourth-order valence-electron chi connectivity index (χ4n) is 4.45. The molecule has 0 radical (unpaired) electrons. The van der Waals surface area contributed by atoms with Gasteiger partial charge in [-0.2, -0.15) is 0 Å². The van der Waals surface area contributed by atoms with Crippen molar-refractivity contribution in [2.75, 3.05) is 32.7 Å². The summed E-state index contributed by atoms with van der Waals surface area (Å²) in [5, 5.41) is 4.72. The van der Waals surface area contributed by atoms with E-state index in [9.17, 15) is 4.79 Å². The van der Waals surface area contributed by atoms with Gasteiger partial charge in [0.05, 0.1) is 0 Å². The van der Waals surface area contributed by atoms with E-state index in [4.69, 9.17) is 0 Å². The van der Waals surface area contributed by atoms with Crippen molar-refractivity contribution in [2.45, 2.75) is 47.2 Å². The molecular formula is C28H37N3OS. The molecule has 2 aromatic carbocycles. The van der Waals surface area contributed by atoms with Crippen molar-refractivity contribution < 1.29 is 4.79 Å². The number of benzene rings is 2. The van der Waals surface area contributed by atoms with Gasteiger partial charge < -0.3 is 5.32 Å². The lowest BCUT2D eigenvalue weighted by Gasteiger charge is -2.40. The van der Waals surface area contributed by atoms with Gasteiger partial charge in [0, 0.05) is 60.5 Å². The summed E-state index contributed by atoms with van der Waals surface area (Å²) in [5.74, 6) is 0.0220. The lowest BCUT2D eigenvalue weighted by molar-refractivity contribution is 0.0792. The van der Waals surface area contributed by atoms with E-state index in [0.29, 0.717) is 0 Å². The van der Waals surface area contributed by atoms with Crippen LogP contribution in [0.15, 0.2) is 48.5 Å². The molecule has 1 aromatic heterocycles. The number of nitrogens with one attached hydrogen (secondary N) is 1. The van der Waals surface area contributed by atoms with Gasteiger partial charge in [0.2, 0.25) is 0 Å². The Morgan fingerprint density at radius 2 is 1.61 bits per heavy atom. The standard InChI is InChI=1S/C28H37N3OS/c1-20-10-12-22(13-11-20)27(32)29-26(28(3,4)5)19-31-16-14-30(15-17-31)18-25-21(2)23-8-6-7-9-24(23)33-25/h6-13,26H,14-19H2,1-5H3,(H,29,32). The molecule has 1 saturated heterocycles. The maximum atomic E-state index is 12.9. The van der Waals surface area contributed by atoms with Crippen LogP contribution < -0.4 is 5.32 Å². The zero-order valence-electron chi connectivity index (χ0n) is 20.6. The number of amides is 1. The Kier molecular flexibility index (Phi) is 7.22. The highest BCUT2D eigenvalue weighted by Gasteiger charge is 2.30. The Hall–Kier alpha value is -2.21. The summed E-state index contributed by atoms with van der Waals surface area (Å²) in [6, 6.07) is 16.7. The monoisotopic (exact) mass is 463 g/mol. The van der Waals surface area contributed by atoms with Gasteiger partial charge in [-0.05, 0) is 48.4 Å². The number of thiophene rings is 1. The van der Waals surface area contributed by atoms with Crippen molar-refractivity contribution in [1.29, 1.82) is 0 Å². The highest BCUT2D eigenvalue weighted by Crippen LogP contribution is 2.31. The van der Waals surface area contributed by atoms with Crippen LogP contribution in [0.2, 0.25) is 0 Å². The minimum absolute atomic E-state index is 0.00826. The maximum absolute atomic E-state index is 12.9. The van der Waals surface area contributed by atoms with Crippen LogP contribution in [0.5, 0.6) is 0 Å². The van der Waals surface area contributed by atoms with E-state index >= 15 is 0 Å². The van der Waals surface area contributed by atoms with Crippen LogP contribution in [0.25, 0.3) is 10.1 Å². The Morgan fingerprint density at radius 3 is 2.24 bits per heavy atom. The molecule has 1 atom stereocenters. The average Bonchev–Trinajstić information content (AvgIpc) is 3.10. The van der Waals surface area contributed by atoms with Gasteiger partial charge in [0.1, 0.15) is 0 Å². The molecule has 3 aromatic rings. The number of aryl methyl sites for hydroxylation is 2. The number of hydrogen-bond acceptors (Lipinski definition) is 4. The van der Waals surface area contributed by atoms with Crippen LogP contribution in [0, 0.1) is 19.3 Å². The number of nitrogens with zero attached hydrogens (tertiary/aromatic N) is 2. The third-order valence-corrected chi connectivity index (χ3v) is 8.14. The molecule has 0 spiro atoms. The van der Waals surface area contributed by atoms with E-state index in [-0.39, 0.29) is 17.4 Å². The zero-order chi connectivity index (χ0) is 23.6. The van der Waals surface area contributed by atoms with Crippen LogP contribution in [-0.2, 0) is 6.54 Å². The highest BCUT2D eigenvalue weighted by molar-refractivity contribution is 7.19. The molecule has 1 amide bonds.